The van der Waals surface area contributed by atoms with E-state index in [0.717, 1.165) is 83.8 Å². The van der Waals surface area contributed by atoms with Crippen LogP contribution in [0.4, 0.5) is 11.4 Å². The molecule has 5 aromatic rings. The van der Waals surface area contributed by atoms with Gasteiger partial charge >= 0.3 is 0 Å². The number of aromatic nitrogens is 2. The first kappa shape index (κ1) is 25.9. The zero-order valence-electron chi connectivity index (χ0n) is 23.3. The van der Waals surface area contributed by atoms with Gasteiger partial charge in [0.2, 0.25) is 16.7 Å². The average molecular weight is 510 g/mol. The first-order chi connectivity index (χ1) is 18.7. The molecule has 0 aliphatic carbocycles. The first-order valence-corrected chi connectivity index (χ1v) is 13.0. The predicted octanol–water partition coefficient (Wildman–Crippen LogP) is 8.82. The molecule has 5 rings (SSSR count). The molecule has 0 atom stereocenters. The van der Waals surface area contributed by atoms with Gasteiger partial charge in [-0.15, -0.1) is 4.57 Å². The van der Waals surface area contributed by atoms with E-state index < -0.39 is 0 Å². The summed E-state index contributed by atoms with van der Waals surface area (Å²) in [5.74, 6) is 0. The fourth-order valence-electron chi connectivity index (χ4n) is 4.86. The minimum Gasteiger partial charge on any atom is -0.264 e. The lowest BCUT2D eigenvalue weighted by Crippen LogP contribution is -2.33. The van der Waals surface area contributed by atoms with Gasteiger partial charge in [0, 0.05) is 30.0 Å². The number of benzene rings is 4. The molecule has 4 aromatic carbocycles. The van der Waals surface area contributed by atoms with Gasteiger partial charge in [0.25, 0.3) is 0 Å². The molecule has 192 valence electrons. The third-order valence-corrected chi connectivity index (χ3v) is 7.12. The highest BCUT2D eigenvalue weighted by Crippen LogP contribution is 2.30. The van der Waals surface area contributed by atoms with Crippen LogP contribution in [0.5, 0.6) is 0 Å². The molecule has 0 saturated carbocycles. The summed E-state index contributed by atoms with van der Waals surface area (Å²) in [6, 6.07) is 25.2. The van der Waals surface area contributed by atoms with E-state index in [1.165, 1.54) is 0 Å². The topological polar surface area (TPSA) is 41.5 Å². The Balaban J connectivity index is 1.78. The minimum absolute atomic E-state index is 0.847. The normalized spacial score (nSPS) is 11.7. The van der Waals surface area contributed by atoms with Gasteiger partial charge in [0.15, 0.2) is 0 Å². The molecule has 39 heavy (non-hydrogen) atoms. The Labute approximate surface area is 230 Å². The molecule has 0 fully saturated rings. The Morgan fingerprint density at radius 1 is 0.692 bits per heavy atom. The molecule has 0 unspecified atom stereocenters. The zero-order valence-corrected chi connectivity index (χ0v) is 23.3. The van der Waals surface area contributed by atoms with Crippen molar-refractivity contribution in [3.63, 3.8) is 0 Å². The highest BCUT2D eigenvalue weighted by atomic mass is 15.0. The summed E-state index contributed by atoms with van der Waals surface area (Å²) in [6.45, 7) is 22.3. The van der Waals surface area contributed by atoms with E-state index in [0.29, 0.717) is 0 Å². The Kier molecular flexibility index (Phi) is 6.80. The molecule has 0 spiro atoms. The molecule has 1 aromatic heterocycles. The summed E-state index contributed by atoms with van der Waals surface area (Å²) in [4.78, 5) is 14.4. The van der Waals surface area contributed by atoms with Crippen molar-refractivity contribution >= 4 is 57.0 Å². The molecular formula is C35H33N4+. The van der Waals surface area contributed by atoms with E-state index in [4.69, 9.17) is 9.98 Å². The zero-order chi connectivity index (χ0) is 27.8. The third-order valence-electron chi connectivity index (χ3n) is 7.12. The number of allylic oxidation sites excluding steroid dienone is 2. The SMILES string of the molecule is C=Nc1cc2c(cc1C)nc1cc(C)c(N=C(C)c3cc(C(=C)C)cc(C(=C)C)c3)cc1[n+]2-c1ccccc1. The van der Waals surface area contributed by atoms with Gasteiger partial charge in [-0.05, 0) is 99.5 Å². The lowest BCUT2D eigenvalue weighted by Gasteiger charge is -2.11. The maximum absolute atomic E-state index is 5.13. The van der Waals surface area contributed by atoms with Crippen molar-refractivity contribution in [2.45, 2.75) is 34.6 Å². The minimum atomic E-state index is 0.847. The predicted molar refractivity (Wildman–Crippen MR) is 167 cm³/mol. The number of fused-ring (bicyclic) bond motifs is 2. The van der Waals surface area contributed by atoms with Crippen LogP contribution in [0.1, 0.15) is 48.6 Å². The lowest BCUT2D eigenvalue weighted by atomic mass is 9.96. The highest BCUT2D eigenvalue weighted by molar-refractivity contribution is 6.02. The van der Waals surface area contributed by atoms with E-state index in [1.807, 2.05) is 39.0 Å². The van der Waals surface area contributed by atoms with E-state index in [-0.39, 0.29) is 0 Å². The average Bonchev–Trinajstić information content (AvgIpc) is 2.92. The molecule has 4 heteroatoms. The molecule has 0 bridgehead atoms. The second kappa shape index (κ2) is 10.2. The Morgan fingerprint density at radius 2 is 1.21 bits per heavy atom. The number of nitrogens with zero attached hydrogens (tertiary/aromatic N) is 4. The number of hydrogen-bond donors (Lipinski definition) is 0. The van der Waals surface area contributed by atoms with Gasteiger partial charge in [-0.1, -0.05) is 42.5 Å². The van der Waals surface area contributed by atoms with Crippen LogP contribution in [0, 0.1) is 13.8 Å². The van der Waals surface area contributed by atoms with Crippen molar-refractivity contribution in [2.24, 2.45) is 9.98 Å². The van der Waals surface area contributed by atoms with Crippen LogP contribution in [-0.4, -0.2) is 17.4 Å². The summed E-state index contributed by atoms with van der Waals surface area (Å²) in [7, 11) is 0. The largest absolute Gasteiger partial charge is 0.264 e. The van der Waals surface area contributed by atoms with Gasteiger partial charge < -0.3 is 0 Å². The van der Waals surface area contributed by atoms with Gasteiger partial charge in [-0.3, -0.25) is 9.98 Å². The summed E-state index contributed by atoms with van der Waals surface area (Å²) < 4.78 is 2.24. The van der Waals surface area contributed by atoms with E-state index in [2.05, 4.69) is 97.9 Å². The standard InChI is InChI=1S/C35H33N4/c1-21(2)26-16-27(22(3)4)18-28(17-26)25(7)37-31-20-35-33(15-24(31)6)38-32-14-23(5)30(36-8)19-34(32)39(35)29-12-10-9-11-13-29/h9-20H,1,3,8H2,2,4-7H3/q+1. The van der Waals surface area contributed by atoms with Crippen molar-refractivity contribution in [1.29, 1.82) is 0 Å². The Bertz CT molecular complexity index is 1810. The monoisotopic (exact) mass is 509 g/mol. The lowest BCUT2D eigenvalue weighted by molar-refractivity contribution is -0.538. The fourth-order valence-corrected chi connectivity index (χ4v) is 4.86. The van der Waals surface area contributed by atoms with Crippen LogP contribution in [0.25, 0.3) is 38.9 Å². The molecule has 1 heterocycles. The maximum Gasteiger partial charge on any atom is 0.239 e. The molecule has 0 radical (unpaired) electrons. The molecule has 0 aliphatic rings. The Hall–Kier alpha value is -4.70. The van der Waals surface area contributed by atoms with Gasteiger partial charge in [-0.2, -0.15) is 0 Å². The summed E-state index contributed by atoms with van der Waals surface area (Å²) in [5, 5.41) is 0. The molecular weight excluding hydrogens is 476 g/mol. The second-order valence-corrected chi connectivity index (χ2v) is 10.3. The van der Waals surface area contributed by atoms with Crippen LogP contribution < -0.4 is 4.57 Å². The molecule has 0 aliphatic heterocycles. The third kappa shape index (κ3) is 4.94. The van der Waals surface area contributed by atoms with Crippen molar-refractivity contribution in [3.8, 4) is 5.69 Å². The van der Waals surface area contributed by atoms with Crippen LogP contribution in [-0.2, 0) is 0 Å². The van der Waals surface area contributed by atoms with Gasteiger partial charge in [-0.25, -0.2) is 4.98 Å². The molecule has 0 saturated heterocycles. The van der Waals surface area contributed by atoms with E-state index in [1.54, 1.807) is 0 Å². The van der Waals surface area contributed by atoms with Crippen LogP contribution >= 0.6 is 0 Å². The number of rotatable bonds is 6. The number of aryl methyl sites for hydroxylation is 2. The second-order valence-electron chi connectivity index (χ2n) is 10.3. The van der Waals surface area contributed by atoms with E-state index >= 15 is 0 Å². The van der Waals surface area contributed by atoms with Crippen LogP contribution in [0.15, 0.2) is 95.9 Å². The maximum atomic E-state index is 5.13. The van der Waals surface area contributed by atoms with Crippen molar-refractivity contribution in [1.82, 2.24) is 4.98 Å². The van der Waals surface area contributed by atoms with E-state index in [9.17, 15) is 0 Å². The van der Waals surface area contributed by atoms with Crippen molar-refractivity contribution in [2.75, 3.05) is 0 Å². The van der Waals surface area contributed by atoms with Gasteiger partial charge in [0.1, 0.15) is 11.0 Å². The van der Waals surface area contributed by atoms with Crippen molar-refractivity contribution < 1.29 is 4.57 Å². The molecule has 0 N–H and O–H groups in total. The highest BCUT2D eigenvalue weighted by Gasteiger charge is 2.22. The first-order valence-electron chi connectivity index (χ1n) is 13.0. The van der Waals surface area contributed by atoms with Crippen LogP contribution in [0.2, 0.25) is 0 Å². The fraction of sp³-hybridized carbons (Fsp3) is 0.143. The quantitative estimate of drug-likeness (QED) is 0.128. The Morgan fingerprint density at radius 3 is 1.74 bits per heavy atom. The molecule has 0 amide bonds. The smallest absolute Gasteiger partial charge is 0.239 e. The number of hydrogen-bond acceptors (Lipinski definition) is 3. The summed E-state index contributed by atoms with van der Waals surface area (Å²) >= 11 is 0. The van der Waals surface area contributed by atoms with Crippen molar-refractivity contribution in [3.05, 3.63) is 114 Å². The number of aliphatic imine (C=N–C) groups is 2. The molecule has 4 nitrogen and oxygen atoms in total. The number of para-hydroxylation sites is 1. The van der Waals surface area contributed by atoms with Crippen LogP contribution in [0.3, 0.4) is 0 Å². The van der Waals surface area contributed by atoms with Gasteiger partial charge in [0.05, 0.1) is 11.4 Å². The summed E-state index contributed by atoms with van der Waals surface area (Å²) in [6.07, 6.45) is 0. The summed E-state index contributed by atoms with van der Waals surface area (Å²) in [5.41, 5.74) is 14.9.